The molecular weight excluding hydrogens is 406 g/mol. The molecule has 0 bridgehead atoms. The van der Waals surface area contributed by atoms with Crippen molar-refractivity contribution in [2.75, 3.05) is 0 Å². The molecule has 0 saturated carbocycles. The number of benzene rings is 2. The molecule has 1 aliphatic rings. The van der Waals surface area contributed by atoms with E-state index in [4.69, 9.17) is 4.99 Å². The molecule has 8 heteroatoms. The van der Waals surface area contributed by atoms with Gasteiger partial charge in [-0.25, -0.2) is 18.8 Å². The first-order valence-corrected chi connectivity index (χ1v) is 10.4. The Balaban J connectivity index is 1.73. The van der Waals surface area contributed by atoms with Crippen molar-refractivity contribution in [1.82, 2.24) is 14.5 Å². The number of H-pyrrole nitrogens is 1. The lowest BCUT2D eigenvalue weighted by molar-refractivity contribution is 0.545. The molecule has 0 fully saturated rings. The number of hydrogen-bond acceptors (Lipinski definition) is 4. The SMILES string of the molecule is Cc1nc2cc(C)c(/N=c3\[nH]c(=O)cc4n3[C@H](c3cc(F)cc(F)c3)CC4)cc2s1. The normalized spacial score (nSPS) is 16.4. The Hall–Kier alpha value is -3.13. The van der Waals surface area contributed by atoms with Gasteiger partial charge in [0, 0.05) is 17.8 Å². The van der Waals surface area contributed by atoms with Gasteiger partial charge in [0.2, 0.25) is 5.62 Å². The maximum Gasteiger partial charge on any atom is 0.252 e. The highest BCUT2D eigenvalue weighted by Crippen LogP contribution is 2.32. The number of nitrogens with zero attached hydrogens (tertiary/aromatic N) is 3. The second-order valence-corrected chi connectivity index (χ2v) is 8.76. The van der Waals surface area contributed by atoms with E-state index in [-0.39, 0.29) is 11.6 Å². The maximum atomic E-state index is 13.8. The molecule has 0 unspecified atom stereocenters. The van der Waals surface area contributed by atoms with Crippen LogP contribution in [0.4, 0.5) is 14.5 Å². The van der Waals surface area contributed by atoms with E-state index in [0.717, 1.165) is 38.2 Å². The van der Waals surface area contributed by atoms with Gasteiger partial charge >= 0.3 is 0 Å². The average Bonchev–Trinajstić information content (AvgIpc) is 3.23. The second kappa shape index (κ2) is 6.98. The van der Waals surface area contributed by atoms with E-state index in [9.17, 15) is 13.6 Å². The van der Waals surface area contributed by atoms with Crippen molar-refractivity contribution in [2.24, 2.45) is 4.99 Å². The van der Waals surface area contributed by atoms with Gasteiger partial charge < -0.3 is 4.57 Å². The van der Waals surface area contributed by atoms with E-state index in [1.807, 2.05) is 30.5 Å². The van der Waals surface area contributed by atoms with Gasteiger partial charge in [-0.3, -0.25) is 9.78 Å². The van der Waals surface area contributed by atoms with E-state index in [1.165, 1.54) is 18.2 Å². The lowest BCUT2D eigenvalue weighted by atomic mass is 10.0. The average molecular weight is 424 g/mol. The summed E-state index contributed by atoms with van der Waals surface area (Å²) >= 11 is 1.58. The van der Waals surface area contributed by atoms with Crippen LogP contribution in [0, 0.1) is 25.5 Å². The third-order valence-electron chi connectivity index (χ3n) is 5.36. The number of rotatable bonds is 2. The van der Waals surface area contributed by atoms with Crippen molar-refractivity contribution in [1.29, 1.82) is 0 Å². The molecule has 30 heavy (non-hydrogen) atoms. The zero-order chi connectivity index (χ0) is 21.0. The Morgan fingerprint density at radius 1 is 1.13 bits per heavy atom. The monoisotopic (exact) mass is 424 g/mol. The largest absolute Gasteiger partial charge is 0.308 e. The molecule has 5 nitrogen and oxygen atoms in total. The Bertz CT molecular complexity index is 1410. The van der Waals surface area contributed by atoms with Crippen LogP contribution in [0.3, 0.4) is 0 Å². The maximum absolute atomic E-state index is 13.8. The van der Waals surface area contributed by atoms with Gasteiger partial charge in [-0.05, 0) is 62.1 Å². The summed E-state index contributed by atoms with van der Waals surface area (Å²) in [5.74, 6) is -1.24. The highest BCUT2D eigenvalue weighted by Gasteiger charge is 2.25. The van der Waals surface area contributed by atoms with Crippen LogP contribution in [0.5, 0.6) is 0 Å². The predicted molar refractivity (Wildman–Crippen MR) is 112 cm³/mol. The van der Waals surface area contributed by atoms with E-state index < -0.39 is 11.6 Å². The highest BCUT2D eigenvalue weighted by atomic mass is 32.1. The van der Waals surface area contributed by atoms with E-state index in [1.54, 1.807) is 11.3 Å². The third kappa shape index (κ3) is 3.27. The van der Waals surface area contributed by atoms with Crippen LogP contribution in [-0.4, -0.2) is 14.5 Å². The topological polar surface area (TPSA) is 63.0 Å². The lowest BCUT2D eigenvalue weighted by Gasteiger charge is -2.16. The number of halogens is 2. The number of thiazole rings is 1. The van der Waals surface area contributed by atoms with Crippen LogP contribution >= 0.6 is 11.3 Å². The van der Waals surface area contributed by atoms with Crippen molar-refractivity contribution in [3.05, 3.63) is 85.8 Å². The van der Waals surface area contributed by atoms with Gasteiger partial charge in [-0.1, -0.05) is 0 Å². The Morgan fingerprint density at radius 2 is 1.90 bits per heavy atom. The zero-order valence-corrected chi connectivity index (χ0v) is 17.2. The molecule has 1 aliphatic heterocycles. The van der Waals surface area contributed by atoms with Crippen molar-refractivity contribution in [3.63, 3.8) is 0 Å². The lowest BCUT2D eigenvalue weighted by Crippen LogP contribution is -2.32. The number of aryl methyl sites for hydroxylation is 3. The minimum Gasteiger partial charge on any atom is -0.308 e. The van der Waals surface area contributed by atoms with E-state index in [2.05, 4.69) is 9.97 Å². The van der Waals surface area contributed by atoms with Crippen LogP contribution in [0.25, 0.3) is 10.2 Å². The molecule has 4 aromatic rings. The van der Waals surface area contributed by atoms with Gasteiger partial charge in [-0.15, -0.1) is 11.3 Å². The second-order valence-electron chi connectivity index (χ2n) is 7.53. The van der Waals surface area contributed by atoms with Crippen LogP contribution in [-0.2, 0) is 6.42 Å². The van der Waals surface area contributed by atoms with Gasteiger partial charge in [0.1, 0.15) is 11.6 Å². The Labute approximate surface area is 174 Å². The summed E-state index contributed by atoms with van der Waals surface area (Å²) in [5, 5.41) is 0.970. The summed E-state index contributed by atoms with van der Waals surface area (Å²) in [5.41, 5.74) is 4.00. The van der Waals surface area contributed by atoms with E-state index in [0.29, 0.717) is 24.0 Å². The summed E-state index contributed by atoms with van der Waals surface area (Å²) in [7, 11) is 0. The summed E-state index contributed by atoms with van der Waals surface area (Å²) in [6, 6.07) is 8.68. The van der Waals surface area contributed by atoms with Gasteiger partial charge in [0.25, 0.3) is 5.56 Å². The smallest absolute Gasteiger partial charge is 0.252 e. The van der Waals surface area contributed by atoms with Crippen molar-refractivity contribution >= 4 is 27.2 Å². The zero-order valence-electron chi connectivity index (χ0n) is 16.4. The first-order chi connectivity index (χ1) is 14.4. The first-order valence-electron chi connectivity index (χ1n) is 9.60. The molecule has 2 aromatic heterocycles. The fourth-order valence-corrected chi connectivity index (χ4v) is 4.94. The van der Waals surface area contributed by atoms with Gasteiger partial charge in [-0.2, -0.15) is 0 Å². The fourth-order valence-electron chi connectivity index (χ4n) is 4.10. The van der Waals surface area contributed by atoms with Crippen molar-refractivity contribution in [2.45, 2.75) is 32.7 Å². The third-order valence-corrected chi connectivity index (χ3v) is 6.30. The molecule has 0 aliphatic carbocycles. The highest BCUT2D eigenvalue weighted by molar-refractivity contribution is 7.18. The molecule has 152 valence electrons. The summed E-state index contributed by atoms with van der Waals surface area (Å²) in [6.07, 6.45) is 1.26. The summed E-state index contributed by atoms with van der Waals surface area (Å²) in [6.45, 7) is 3.90. The molecule has 1 atom stereocenters. The minimum absolute atomic E-state index is 0.251. The van der Waals surface area contributed by atoms with Crippen molar-refractivity contribution < 1.29 is 8.78 Å². The Morgan fingerprint density at radius 3 is 2.67 bits per heavy atom. The molecule has 0 radical (unpaired) electrons. The van der Waals surface area contributed by atoms with Crippen molar-refractivity contribution in [3.8, 4) is 0 Å². The molecular formula is C22H18F2N4OS. The number of aromatic nitrogens is 3. The van der Waals surface area contributed by atoms with Crippen LogP contribution < -0.4 is 11.2 Å². The number of fused-ring (bicyclic) bond motifs is 2. The summed E-state index contributed by atoms with van der Waals surface area (Å²) < 4.78 is 30.6. The number of aromatic amines is 1. The van der Waals surface area contributed by atoms with Crippen LogP contribution in [0.2, 0.25) is 0 Å². The molecule has 5 rings (SSSR count). The molecule has 3 heterocycles. The van der Waals surface area contributed by atoms with Crippen LogP contribution in [0.15, 0.2) is 46.2 Å². The molecule has 0 saturated heterocycles. The molecule has 0 amide bonds. The van der Waals surface area contributed by atoms with Gasteiger partial charge in [0.15, 0.2) is 0 Å². The first kappa shape index (κ1) is 18.9. The minimum atomic E-state index is -0.621. The van der Waals surface area contributed by atoms with E-state index >= 15 is 0 Å². The van der Waals surface area contributed by atoms with Gasteiger partial charge in [0.05, 0.1) is 27.0 Å². The molecule has 1 N–H and O–H groups in total. The molecule has 2 aromatic carbocycles. The fraction of sp³-hybridized carbons (Fsp3) is 0.227. The molecule has 0 spiro atoms. The van der Waals surface area contributed by atoms with Crippen LogP contribution in [0.1, 0.15) is 34.3 Å². The summed E-state index contributed by atoms with van der Waals surface area (Å²) in [4.78, 5) is 24.3. The number of hydrogen-bond donors (Lipinski definition) is 1. The Kier molecular flexibility index (Phi) is 4.39. The standard InChI is InChI=1S/C22H18F2N4OS/c1-11-5-18-20(30-12(2)25-18)10-17(11)26-22-27-21(29)9-16-3-4-19(28(16)22)13-6-14(23)8-15(24)7-13/h5-10,19H,3-4H2,1-2H3,(H,26,27,29)/t19-/m0/s1. The quantitative estimate of drug-likeness (QED) is 0.517. The number of nitrogens with one attached hydrogen (secondary N) is 1. The predicted octanol–water partition coefficient (Wildman–Crippen LogP) is 4.45.